The summed E-state index contributed by atoms with van der Waals surface area (Å²) in [5, 5.41) is 23.3. The van der Waals surface area contributed by atoms with E-state index in [0.29, 0.717) is 12.8 Å². The summed E-state index contributed by atoms with van der Waals surface area (Å²) < 4.78 is 0. The largest absolute Gasteiger partial charge is 0.481 e. The van der Waals surface area contributed by atoms with Gasteiger partial charge in [0.15, 0.2) is 0 Å². The Bertz CT molecular complexity index is 787. The second kappa shape index (κ2) is 13.5. The molecule has 0 aliphatic carbocycles. The van der Waals surface area contributed by atoms with Crippen molar-refractivity contribution in [2.45, 2.75) is 83.0 Å². The van der Waals surface area contributed by atoms with E-state index >= 15 is 0 Å². The number of primary amides is 1. The lowest BCUT2D eigenvalue weighted by Gasteiger charge is -2.28. The fourth-order valence-corrected chi connectivity index (χ4v) is 3.73. The number of aliphatic carboxylic acids is 2. The van der Waals surface area contributed by atoms with Crippen LogP contribution in [0.5, 0.6) is 0 Å². The zero-order valence-electron chi connectivity index (χ0n) is 19.5. The predicted molar refractivity (Wildman–Crippen MR) is 119 cm³/mol. The van der Waals surface area contributed by atoms with Gasteiger partial charge < -0.3 is 37.2 Å². The first kappa shape index (κ1) is 28.8. The normalized spacial score (nSPS) is 18.1. The Hall–Kier alpha value is -3.22. The van der Waals surface area contributed by atoms with Crippen LogP contribution in [-0.4, -0.2) is 81.4 Å². The van der Waals surface area contributed by atoms with Gasteiger partial charge in [-0.2, -0.15) is 0 Å². The summed E-state index contributed by atoms with van der Waals surface area (Å²) >= 11 is 0. The minimum absolute atomic E-state index is 0.110. The van der Waals surface area contributed by atoms with E-state index in [1.54, 1.807) is 0 Å². The van der Waals surface area contributed by atoms with Crippen LogP contribution in [0.3, 0.4) is 0 Å². The molecule has 0 spiro atoms. The van der Waals surface area contributed by atoms with E-state index in [1.165, 1.54) is 0 Å². The van der Waals surface area contributed by atoms with Crippen LogP contribution in [0.2, 0.25) is 0 Å². The average molecular weight is 486 g/mol. The number of rotatable bonds is 14. The third-order valence-electron chi connectivity index (χ3n) is 5.46. The summed E-state index contributed by atoms with van der Waals surface area (Å²) in [6.45, 7) is 3.89. The van der Waals surface area contributed by atoms with E-state index in [2.05, 4.69) is 10.6 Å². The van der Waals surface area contributed by atoms with Crippen LogP contribution >= 0.6 is 0 Å². The van der Waals surface area contributed by atoms with Crippen molar-refractivity contribution in [2.75, 3.05) is 6.54 Å². The maximum atomic E-state index is 13.0. The molecule has 192 valence electrons. The Morgan fingerprint density at radius 1 is 0.971 bits per heavy atom. The molecule has 0 aromatic rings. The van der Waals surface area contributed by atoms with Crippen LogP contribution in [0.4, 0.5) is 0 Å². The van der Waals surface area contributed by atoms with Crippen LogP contribution in [0.25, 0.3) is 0 Å². The Balaban J connectivity index is 3.04. The molecule has 1 heterocycles. The number of carbonyl (C=O) groups excluding carboxylic acids is 4. The van der Waals surface area contributed by atoms with Crippen molar-refractivity contribution in [3.63, 3.8) is 0 Å². The fourth-order valence-electron chi connectivity index (χ4n) is 3.73. The third kappa shape index (κ3) is 9.33. The number of hydrogen-bond acceptors (Lipinski definition) is 7. The SMILES string of the molecule is CC(C)CC(N)C(=O)NC(CCC(N)=O)C(=O)NC(CCC(=O)O)C(=O)N1CCCC1C(=O)O. The number of nitrogens with zero attached hydrogens (tertiary/aromatic N) is 1. The van der Waals surface area contributed by atoms with Gasteiger partial charge in [-0.15, -0.1) is 0 Å². The number of amides is 4. The zero-order valence-corrected chi connectivity index (χ0v) is 19.5. The van der Waals surface area contributed by atoms with Gasteiger partial charge in [0, 0.05) is 19.4 Å². The molecule has 1 saturated heterocycles. The summed E-state index contributed by atoms with van der Waals surface area (Å²) in [4.78, 5) is 73.3. The minimum atomic E-state index is -1.33. The van der Waals surface area contributed by atoms with Gasteiger partial charge in [0.1, 0.15) is 18.1 Å². The molecule has 0 radical (unpaired) electrons. The number of carbonyl (C=O) groups is 6. The smallest absolute Gasteiger partial charge is 0.326 e. The molecule has 34 heavy (non-hydrogen) atoms. The highest BCUT2D eigenvalue weighted by Crippen LogP contribution is 2.20. The Morgan fingerprint density at radius 3 is 2.09 bits per heavy atom. The van der Waals surface area contributed by atoms with Crippen molar-refractivity contribution in [1.82, 2.24) is 15.5 Å². The van der Waals surface area contributed by atoms with Crippen molar-refractivity contribution in [3.05, 3.63) is 0 Å². The van der Waals surface area contributed by atoms with Gasteiger partial charge in [0.25, 0.3) is 0 Å². The van der Waals surface area contributed by atoms with Gasteiger partial charge in [0.05, 0.1) is 6.04 Å². The van der Waals surface area contributed by atoms with Gasteiger partial charge >= 0.3 is 11.9 Å². The predicted octanol–water partition coefficient (Wildman–Crippen LogP) is -1.46. The maximum absolute atomic E-state index is 13.0. The summed E-state index contributed by atoms with van der Waals surface area (Å²) in [6, 6.07) is -4.57. The highest BCUT2D eigenvalue weighted by molar-refractivity contribution is 5.94. The van der Waals surface area contributed by atoms with E-state index < -0.39 is 66.2 Å². The molecule has 8 N–H and O–H groups in total. The van der Waals surface area contributed by atoms with Crippen molar-refractivity contribution in [3.8, 4) is 0 Å². The first-order valence-corrected chi connectivity index (χ1v) is 11.2. The highest BCUT2D eigenvalue weighted by Gasteiger charge is 2.38. The molecule has 0 aromatic carbocycles. The minimum Gasteiger partial charge on any atom is -0.481 e. The van der Waals surface area contributed by atoms with E-state index in [4.69, 9.17) is 16.6 Å². The van der Waals surface area contributed by atoms with Crippen molar-refractivity contribution < 1.29 is 39.0 Å². The van der Waals surface area contributed by atoms with Crippen LogP contribution in [0, 0.1) is 5.92 Å². The molecule has 4 atom stereocenters. The van der Waals surface area contributed by atoms with Gasteiger partial charge in [-0.25, -0.2) is 4.79 Å². The van der Waals surface area contributed by atoms with Crippen LogP contribution in [0.15, 0.2) is 0 Å². The molecular weight excluding hydrogens is 450 g/mol. The van der Waals surface area contributed by atoms with Gasteiger partial charge in [-0.3, -0.25) is 24.0 Å². The van der Waals surface area contributed by atoms with Crippen LogP contribution in [-0.2, 0) is 28.8 Å². The molecule has 1 aliphatic rings. The van der Waals surface area contributed by atoms with Crippen LogP contribution in [0.1, 0.15) is 58.8 Å². The lowest BCUT2D eigenvalue weighted by Crippen LogP contribution is -2.57. The first-order chi connectivity index (χ1) is 15.8. The lowest BCUT2D eigenvalue weighted by molar-refractivity contribution is -0.150. The fraction of sp³-hybridized carbons (Fsp3) is 0.714. The number of carboxylic acids is 2. The number of nitrogens with one attached hydrogen (secondary N) is 2. The summed E-state index contributed by atoms with van der Waals surface area (Å²) in [5.41, 5.74) is 11.0. The molecule has 0 bridgehead atoms. The second-order valence-electron chi connectivity index (χ2n) is 8.82. The van der Waals surface area contributed by atoms with Gasteiger partial charge in [-0.1, -0.05) is 13.8 Å². The lowest BCUT2D eigenvalue weighted by atomic mass is 10.0. The first-order valence-electron chi connectivity index (χ1n) is 11.2. The van der Waals surface area contributed by atoms with Crippen molar-refractivity contribution in [2.24, 2.45) is 17.4 Å². The average Bonchev–Trinajstić information content (AvgIpc) is 3.22. The topological polar surface area (TPSA) is 222 Å². The summed E-state index contributed by atoms with van der Waals surface area (Å²) in [5.74, 6) is -5.19. The Kier molecular flexibility index (Phi) is 11.4. The molecule has 13 nitrogen and oxygen atoms in total. The Morgan fingerprint density at radius 2 is 1.56 bits per heavy atom. The van der Waals surface area contributed by atoms with Gasteiger partial charge in [0.2, 0.25) is 23.6 Å². The molecule has 0 saturated carbocycles. The Labute approximate surface area is 197 Å². The van der Waals surface area contributed by atoms with Crippen molar-refractivity contribution in [1.29, 1.82) is 0 Å². The van der Waals surface area contributed by atoms with E-state index in [9.17, 15) is 33.9 Å². The molecule has 4 unspecified atom stereocenters. The number of carboxylic acid groups (broad SMARTS) is 2. The standard InChI is InChI=1S/C21H35N5O8/c1-11(2)10-12(22)18(30)24-13(5-7-16(23)27)19(31)25-14(6-8-17(28)29)20(32)26-9-3-4-15(26)21(33)34/h11-15H,3-10,22H2,1-2H3,(H2,23,27)(H,24,30)(H,25,31)(H,28,29)(H,33,34). The number of hydrogen-bond donors (Lipinski definition) is 6. The van der Waals surface area contributed by atoms with Crippen LogP contribution < -0.4 is 22.1 Å². The molecular formula is C21H35N5O8. The molecule has 4 amide bonds. The molecule has 1 rings (SSSR count). The summed E-state index contributed by atoms with van der Waals surface area (Å²) in [6.07, 6.45) is -0.104. The third-order valence-corrected chi connectivity index (χ3v) is 5.46. The van der Waals surface area contributed by atoms with E-state index in [-0.39, 0.29) is 38.1 Å². The quantitative estimate of drug-likeness (QED) is 0.169. The summed E-state index contributed by atoms with van der Waals surface area (Å²) in [7, 11) is 0. The highest BCUT2D eigenvalue weighted by atomic mass is 16.4. The van der Waals surface area contributed by atoms with Gasteiger partial charge in [-0.05, 0) is 38.0 Å². The maximum Gasteiger partial charge on any atom is 0.326 e. The number of nitrogens with two attached hydrogens (primary N) is 2. The van der Waals surface area contributed by atoms with E-state index in [0.717, 1.165) is 4.90 Å². The van der Waals surface area contributed by atoms with E-state index in [1.807, 2.05) is 13.8 Å². The zero-order chi connectivity index (χ0) is 26.0. The monoisotopic (exact) mass is 485 g/mol. The second-order valence-corrected chi connectivity index (χ2v) is 8.82. The molecule has 1 aliphatic heterocycles. The number of likely N-dealkylation sites (tertiary alicyclic amines) is 1. The molecule has 0 aromatic heterocycles. The molecule has 1 fully saturated rings. The molecule has 13 heteroatoms. The van der Waals surface area contributed by atoms with Crippen molar-refractivity contribution >= 4 is 35.6 Å².